The average molecular weight is 581 g/mol. The first-order chi connectivity index (χ1) is 22.2. The van der Waals surface area contributed by atoms with Crippen LogP contribution in [0.2, 0.25) is 0 Å². The summed E-state index contributed by atoms with van der Waals surface area (Å²) in [7, 11) is 0. The SMILES string of the molecule is Cc1ccc(-c2nc(-c3ccccc3)nc(-c3ccccc3)n2)c2c1OC1c3c(n(-c4ccccc4)c4ccccc34)C=CC21. The number of hydrogen-bond acceptors (Lipinski definition) is 4. The summed E-state index contributed by atoms with van der Waals surface area (Å²) in [6.45, 7) is 2.12. The Morgan fingerprint density at radius 3 is 1.89 bits per heavy atom. The van der Waals surface area contributed by atoms with Gasteiger partial charge in [-0.05, 0) is 36.8 Å². The lowest BCUT2D eigenvalue weighted by Gasteiger charge is -2.22. The summed E-state index contributed by atoms with van der Waals surface area (Å²) in [6, 6.07) is 43.7. The molecule has 5 nitrogen and oxygen atoms in total. The zero-order chi connectivity index (χ0) is 29.9. The van der Waals surface area contributed by atoms with Gasteiger partial charge in [0.2, 0.25) is 0 Å². The molecule has 0 spiro atoms. The van der Waals surface area contributed by atoms with E-state index in [4.69, 9.17) is 19.7 Å². The molecule has 5 aromatic carbocycles. The third-order valence-electron chi connectivity index (χ3n) is 8.95. The highest BCUT2D eigenvalue weighted by Gasteiger charge is 2.42. The van der Waals surface area contributed by atoms with E-state index < -0.39 is 0 Å². The second kappa shape index (κ2) is 10.1. The van der Waals surface area contributed by atoms with Crippen molar-refractivity contribution in [3.63, 3.8) is 0 Å². The number of rotatable bonds is 4. The summed E-state index contributed by atoms with van der Waals surface area (Å²) in [5.41, 5.74) is 9.79. The van der Waals surface area contributed by atoms with E-state index in [0.29, 0.717) is 17.5 Å². The summed E-state index contributed by atoms with van der Waals surface area (Å²) in [5, 5.41) is 1.21. The molecule has 9 rings (SSSR count). The Morgan fingerprint density at radius 2 is 1.20 bits per heavy atom. The van der Waals surface area contributed by atoms with Crippen LogP contribution in [0.1, 0.15) is 34.4 Å². The highest BCUT2D eigenvalue weighted by molar-refractivity contribution is 5.92. The van der Waals surface area contributed by atoms with E-state index >= 15 is 0 Å². The quantitative estimate of drug-likeness (QED) is 0.208. The van der Waals surface area contributed by atoms with Crippen LogP contribution in [-0.2, 0) is 0 Å². The van der Waals surface area contributed by atoms with Crippen molar-refractivity contribution in [1.29, 1.82) is 0 Å². The Hall–Kier alpha value is -5.81. The largest absolute Gasteiger partial charge is 0.484 e. The highest BCUT2D eigenvalue weighted by atomic mass is 16.5. The summed E-state index contributed by atoms with van der Waals surface area (Å²) in [6.07, 6.45) is 4.41. The van der Waals surface area contributed by atoms with Crippen molar-refractivity contribution >= 4 is 17.0 Å². The maximum Gasteiger partial charge on any atom is 0.164 e. The first-order valence-electron chi connectivity index (χ1n) is 15.3. The zero-order valence-electron chi connectivity index (χ0n) is 24.6. The lowest BCUT2D eigenvalue weighted by Crippen LogP contribution is -2.14. The van der Waals surface area contributed by atoms with Gasteiger partial charge < -0.3 is 9.30 Å². The van der Waals surface area contributed by atoms with Crippen molar-refractivity contribution in [2.24, 2.45) is 0 Å². The summed E-state index contributed by atoms with van der Waals surface area (Å²) in [5.74, 6) is 2.87. The molecule has 0 bridgehead atoms. The normalized spacial score (nSPS) is 16.2. The van der Waals surface area contributed by atoms with Gasteiger partial charge >= 0.3 is 0 Å². The van der Waals surface area contributed by atoms with Crippen LogP contribution in [-0.4, -0.2) is 19.5 Å². The average Bonchev–Trinajstić information content (AvgIpc) is 3.66. The number of fused-ring (bicyclic) bond motifs is 7. The van der Waals surface area contributed by atoms with Gasteiger partial charge in [0.15, 0.2) is 17.5 Å². The number of hydrogen-bond donors (Lipinski definition) is 0. The van der Waals surface area contributed by atoms with Gasteiger partial charge in [0, 0.05) is 44.8 Å². The summed E-state index contributed by atoms with van der Waals surface area (Å²) in [4.78, 5) is 15.1. The minimum atomic E-state index is -0.168. The van der Waals surface area contributed by atoms with Crippen molar-refractivity contribution < 1.29 is 4.74 Å². The smallest absolute Gasteiger partial charge is 0.164 e. The van der Waals surface area contributed by atoms with Crippen LogP contribution >= 0.6 is 0 Å². The minimum Gasteiger partial charge on any atom is -0.484 e. The Kier molecular flexibility index (Phi) is 5.78. The van der Waals surface area contributed by atoms with E-state index in [1.165, 1.54) is 16.5 Å². The molecule has 0 saturated heterocycles. The molecule has 2 unspecified atom stereocenters. The molecule has 0 saturated carbocycles. The lowest BCUT2D eigenvalue weighted by molar-refractivity contribution is 0.223. The number of para-hydroxylation sites is 2. The fourth-order valence-electron chi connectivity index (χ4n) is 6.91. The van der Waals surface area contributed by atoms with Gasteiger partial charge in [0.1, 0.15) is 11.9 Å². The molecule has 45 heavy (non-hydrogen) atoms. The predicted octanol–water partition coefficient (Wildman–Crippen LogP) is 9.37. The fraction of sp³-hybridized carbons (Fsp3) is 0.0750. The predicted molar refractivity (Wildman–Crippen MR) is 179 cm³/mol. The number of aromatic nitrogens is 4. The van der Waals surface area contributed by atoms with Gasteiger partial charge in [-0.3, -0.25) is 0 Å². The Balaban J connectivity index is 1.24. The molecule has 214 valence electrons. The molecule has 2 atom stereocenters. The Labute approximate surface area is 261 Å². The van der Waals surface area contributed by atoms with Gasteiger partial charge in [0.25, 0.3) is 0 Å². The first-order valence-corrected chi connectivity index (χ1v) is 15.3. The maximum absolute atomic E-state index is 6.98. The third kappa shape index (κ3) is 4.05. The molecule has 3 heterocycles. The molecule has 0 fully saturated rings. The Morgan fingerprint density at radius 1 is 0.600 bits per heavy atom. The van der Waals surface area contributed by atoms with Crippen LogP contribution < -0.4 is 4.74 Å². The second-order valence-electron chi connectivity index (χ2n) is 11.6. The molecule has 1 aliphatic heterocycles. The highest BCUT2D eigenvalue weighted by Crippen LogP contribution is 2.56. The molecular formula is C40H28N4O. The van der Waals surface area contributed by atoms with Gasteiger partial charge in [-0.25, -0.2) is 15.0 Å². The molecular weight excluding hydrogens is 552 g/mol. The van der Waals surface area contributed by atoms with Crippen molar-refractivity contribution in [3.05, 3.63) is 156 Å². The van der Waals surface area contributed by atoms with Crippen LogP contribution in [0.15, 0.2) is 133 Å². The molecule has 2 aliphatic rings. The van der Waals surface area contributed by atoms with Crippen LogP contribution in [0, 0.1) is 6.92 Å². The number of nitrogens with zero attached hydrogens (tertiary/aromatic N) is 4. The third-order valence-corrected chi connectivity index (χ3v) is 8.95. The van der Waals surface area contributed by atoms with Crippen LogP contribution in [0.3, 0.4) is 0 Å². The lowest BCUT2D eigenvalue weighted by atomic mass is 9.83. The van der Waals surface area contributed by atoms with Crippen LogP contribution in [0.4, 0.5) is 0 Å². The van der Waals surface area contributed by atoms with Gasteiger partial charge in [0.05, 0.1) is 11.2 Å². The van der Waals surface area contributed by atoms with E-state index in [1.807, 2.05) is 60.7 Å². The minimum absolute atomic E-state index is 0.00884. The van der Waals surface area contributed by atoms with Crippen LogP contribution in [0.5, 0.6) is 5.75 Å². The molecule has 5 heteroatoms. The number of benzene rings is 5. The monoisotopic (exact) mass is 580 g/mol. The Bertz CT molecular complexity index is 2200. The molecule has 0 N–H and O–H groups in total. The summed E-state index contributed by atoms with van der Waals surface area (Å²) >= 11 is 0. The molecule has 2 aromatic heterocycles. The molecule has 1 aliphatic carbocycles. The second-order valence-corrected chi connectivity index (χ2v) is 11.6. The van der Waals surface area contributed by atoms with Gasteiger partial charge in [-0.2, -0.15) is 0 Å². The van der Waals surface area contributed by atoms with Crippen LogP contribution in [0.25, 0.3) is 56.8 Å². The van der Waals surface area contributed by atoms with Crippen molar-refractivity contribution in [1.82, 2.24) is 19.5 Å². The van der Waals surface area contributed by atoms with E-state index in [2.05, 4.69) is 90.4 Å². The van der Waals surface area contributed by atoms with E-state index in [-0.39, 0.29) is 12.0 Å². The van der Waals surface area contributed by atoms with Gasteiger partial charge in [-0.15, -0.1) is 0 Å². The van der Waals surface area contributed by atoms with Crippen molar-refractivity contribution in [2.75, 3.05) is 0 Å². The van der Waals surface area contributed by atoms with E-state index in [1.54, 1.807) is 0 Å². The topological polar surface area (TPSA) is 52.8 Å². The maximum atomic E-state index is 6.98. The molecule has 0 amide bonds. The summed E-state index contributed by atoms with van der Waals surface area (Å²) < 4.78 is 9.33. The number of ether oxygens (including phenoxy) is 1. The first kappa shape index (κ1) is 25.7. The van der Waals surface area contributed by atoms with Crippen molar-refractivity contribution in [2.45, 2.75) is 18.9 Å². The standard InChI is InChI=1S/C40H28N4O/c1-25-21-22-31(40-42-38(26-13-5-2-6-14-26)41-39(43-40)27-15-7-3-8-16-27)34-30-23-24-33-35(37(30)45-36(25)34)29-19-11-12-20-32(29)44(33)28-17-9-4-10-18-28/h2-24,30,37H,1H3. The number of aryl methyl sites for hydroxylation is 1. The van der Waals surface area contributed by atoms with Gasteiger partial charge in [-0.1, -0.05) is 115 Å². The molecule has 7 aromatic rings. The fourth-order valence-corrected chi connectivity index (χ4v) is 6.91. The van der Waals surface area contributed by atoms with Crippen molar-refractivity contribution in [3.8, 4) is 45.6 Å². The van der Waals surface area contributed by atoms with E-state index in [0.717, 1.165) is 44.9 Å². The van der Waals surface area contributed by atoms with E-state index in [9.17, 15) is 0 Å². The zero-order valence-corrected chi connectivity index (χ0v) is 24.6. The molecule has 0 radical (unpaired) electrons.